The van der Waals surface area contributed by atoms with Crippen molar-refractivity contribution in [1.82, 2.24) is 14.0 Å². The number of para-hydroxylation sites is 2. The third-order valence-electron chi connectivity index (χ3n) is 5.22. The molecule has 0 saturated heterocycles. The van der Waals surface area contributed by atoms with Gasteiger partial charge in [-0.15, -0.1) is 0 Å². The summed E-state index contributed by atoms with van der Waals surface area (Å²) in [5.41, 5.74) is 2.41. The second kappa shape index (κ2) is 5.36. The van der Waals surface area contributed by atoms with Gasteiger partial charge in [0.05, 0.1) is 25.1 Å². The molecule has 0 radical (unpaired) electrons. The molecule has 1 aliphatic rings. The fourth-order valence-electron chi connectivity index (χ4n) is 3.99. The Hall–Kier alpha value is -3.28. The van der Waals surface area contributed by atoms with Crippen LogP contribution in [-0.2, 0) is 14.1 Å². The number of hydrogen-bond donors (Lipinski definition) is 0. The monoisotopic (exact) mass is 345 g/mol. The Labute approximate surface area is 152 Å². The van der Waals surface area contributed by atoms with Crippen LogP contribution in [0, 0.1) is 0 Å². The standard InChI is InChI=1S/C20H21N6/c1-15-25(18-10-6-7-12-22(18)2)16-8-4-5-9-17(16)26(15)19-14-24-13-11-21-20(24)23(19)3/h4-15H,1-3H3/q+1/t15-/m0/s1. The van der Waals surface area contributed by atoms with E-state index in [9.17, 15) is 0 Å². The molecule has 1 aliphatic heterocycles. The minimum Gasteiger partial charge on any atom is -0.299 e. The minimum absolute atomic E-state index is 0.138. The summed E-state index contributed by atoms with van der Waals surface area (Å²) >= 11 is 0. The van der Waals surface area contributed by atoms with Crippen molar-refractivity contribution in [3.63, 3.8) is 0 Å². The lowest BCUT2D eigenvalue weighted by Crippen LogP contribution is -2.43. The van der Waals surface area contributed by atoms with Crippen LogP contribution in [0.25, 0.3) is 5.78 Å². The van der Waals surface area contributed by atoms with Gasteiger partial charge in [0.15, 0.2) is 11.9 Å². The van der Waals surface area contributed by atoms with Crippen LogP contribution in [0.3, 0.4) is 0 Å². The van der Waals surface area contributed by atoms with Gasteiger partial charge in [-0.2, -0.15) is 0 Å². The lowest BCUT2D eigenvalue weighted by Gasteiger charge is -2.25. The van der Waals surface area contributed by atoms with Crippen molar-refractivity contribution in [3.8, 4) is 0 Å². The average Bonchev–Trinajstić information content (AvgIpc) is 3.29. The third kappa shape index (κ3) is 1.92. The summed E-state index contributed by atoms with van der Waals surface area (Å²) in [5.74, 6) is 3.22. The molecule has 5 rings (SSSR count). The first kappa shape index (κ1) is 15.0. The van der Waals surface area contributed by atoms with Crippen molar-refractivity contribution in [2.75, 3.05) is 9.80 Å². The molecular formula is C20H21N6+. The smallest absolute Gasteiger partial charge is 0.283 e. The molecule has 3 aromatic heterocycles. The Morgan fingerprint density at radius 1 is 1.00 bits per heavy atom. The summed E-state index contributed by atoms with van der Waals surface area (Å²) in [6.45, 7) is 2.24. The van der Waals surface area contributed by atoms with Crippen molar-refractivity contribution in [1.29, 1.82) is 0 Å². The van der Waals surface area contributed by atoms with E-state index in [0.29, 0.717) is 0 Å². The first-order valence-corrected chi connectivity index (χ1v) is 8.77. The summed E-state index contributed by atoms with van der Waals surface area (Å²) in [4.78, 5) is 9.22. The molecule has 1 atom stereocenters. The van der Waals surface area contributed by atoms with Crippen molar-refractivity contribution in [3.05, 3.63) is 67.3 Å². The Morgan fingerprint density at radius 3 is 2.46 bits per heavy atom. The molecule has 6 heteroatoms. The van der Waals surface area contributed by atoms with Crippen LogP contribution in [0.15, 0.2) is 67.3 Å². The van der Waals surface area contributed by atoms with Gasteiger partial charge >= 0.3 is 0 Å². The molecule has 4 aromatic rings. The SMILES string of the molecule is C[C@@H]1N(c2cn3ccnc3n2C)c2ccccc2N1c1cccc[n+]1C. The molecule has 26 heavy (non-hydrogen) atoms. The predicted octanol–water partition coefficient (Wildman–Crippen LogP) is 3.13. The molecule has 0 aliphatic carbocycles. The number of pyridine rings is 1. The fourth-order valence-corrected chi connectivity index (χ4v) is 3.99. The highest BCUT2D eigenvalue weighted by atomic mass is 15.5. The quantitative estimate of drug-likeness (QED) is 0.523. The second-order valence-corrected chi connectivity index (χ2v) is 6.71. The molecule has 0 bridgehead atoms. The fraction of sp³-hybridized carbons (Fsp3) is 0.200. The van der Waals surface area contributed by atoms with Crippen LogP contribution in [0.2, 0.25) is 0 Å². The van der Waals surface area contributed by atoms with Crippen LogP contribution < -0.4 is 14.4 Å². The van der Waals surface area contributed by atoms with E-state index >= 15 is 0 Å². The van der Waals surface area contributed by atoms with Gasteiger partial charge in [0.2, 0.25) is 5.78 Å². The Morgan fingerprint density at radius 2 is 1.73 bits per heavy atom. The summed E-state index contributed by atoms with van der Waals surface area (Å²) in [5, 5.41) is 0. The number of hydrogen-bond acceptors (Lipinski definition) is 3. The van der Waals surface area contributed by atoms with Gasteiger partial charge < -0.3 is 0 Å². The zero-order valence-corrected chi connectivity index (χ0v) is 15.1. The highest BCUT2D eigenvalue weighted by molar-refractivity contribution is 5.86. The normalized spacial score (nSPS) is 16.5. The van der Waals surface area contributed by atoms with Crippen molar-refractivity contribution < 1.29 is 4.57 Å². The van der Waals surface area contributed by atoms with E-state index in [1.165, 1.54) is 11.4 Å². The lowest BCUT2D eigenvalue weighted by atomic mass is 10.2. The van der Waals surface area contributed by atoms with Gasteiger partial charge in [-0.25, -0.2) is 14.5 Å². The van der Waals surface area contributed by atoms with E-state index in [2.05, 4.69) is 104 Å². The maximum Gasteiger partial charge on any atom is 0.283 e. The third-order valence-corrected chi connectivity index (χ3v) is 5.22. The summed E-state index contributed by atoms with van der Waals surface area (Å²) < 4.78 is 6.37. The van der Waals surface area contributed by atoms with Crippen molar-refractivity contribution in [2.24, 2.45) is 14.1 Å². The van der Waals surface area contributed by atoms with Gasteiger partial charge in [-0.05, 0) is 25.1 Å². The van der Waals surface area contributed by atoms with Crippen LogP contribution >= 0.6 is 0 Å². The number of imidazole rings is 2. The molecular weight excluding hydrogens is 324 g/mol. The van der Waals surface area contributed by atoms with Gasteiger partial charge in [0, 0.05) is 25.5 Å². The maximum absolute atomic E-state index is 4.46. The van der Waals surface area contributed by atoms with Crippen LogP contribution in [0.4, 0.5) is 23.0 Å². The topological polar surface area (TPSA) is 32.6 Å². The summed E-state index contributed by atoms with van der Waals surface area (Å²) in [6, 6.07) is 14.9. The highest BCUT2D eigenvalue weighted by Crippen LogP contribution is 2.46. The number of aryl methyl sites for hydroxylation is 2. The first-order chi connectivity index (χ1) is 12.7. The minimum atomic E-state index is 0.138. The average molecular weight is 345 g/mol. The molecule has 1 aromatic carbocycles. The zero-order valence-electron chi connectivity index (χ0n) is 15.1. The molecule has 0 fully saturated rings. The van der Waals surface area contributed by atoms with Gasteiger partial charge in [0.1, 0.15) is 5.82 Å². The molecule has 6 nitrogen and oxygen atoms in total. The van der Waals surface area contributed by atoms with Gasteiger partial charge in [-0.1, -0.05) is 18.2 Å². The number of fused-ring (bicyclic) bond motifs is 2. The molecule has 130 valence electrons. The van der Waals surface area contributed by atoms with E-state index in [0.717, 1.165) is 17.4 Å². The predicted molar refractivity (Wildman–Crippen MR) is 102 cm³/mol. The van der Waals surface area contributed by atoms with E-state index in [-0.39, 0.29) is 6.17 Å². The Kier molecular flexibility index (Phi) is 3.09. The lowest BCUT2D eigenvalue weighted by molar-refractivity contribution is -0.658. The Balaban J connectivity index is 1.71. The maximum atomic E-state index is 4.46. The Bertz CT molecular complexity index is 1110. The van der Waals surface area contributed by atoms with Gasteiger partial charge in [-0.3, -0.25) is 13.9 Å². The second-order valence-electron chi connectivity index (χ2n) is 6.71. The van der Waals surface area contributed by atoms with Crippen LogP contribution in [-0.4, -0.2) is 20.1 Å². The summed E-state index contributed by atoms with van der Waals surface area (Å²) in [6.07, 6.45) is 8.19. The molecule has 4 heterocycles. The summed E-state index contributed by atoms with van der Waals surface area (Å²) in [7, 11) is 4.15. The van der Waals surface area contributed by atoms with E-state index in [4.69, 9.17) is 0 Å². The number of aromatic nitrogens is 4. The number of anilines is 4. The highest BCUT2D eigenvalue weighted by Gasteiger charge is 2.42. The first-order valence-electron chi connectivity index (χ1n) is 8.77. The van der Waals surface area contributed by atoms with Crippen molar-refractivity contribution >= 4 is 28.8 Å². The molecule has 0 N–H and O–H groups in total. The number of nitrogens with zero attached hydrogens (tertiary/aromatic N) is 6. The van der Waals surface area contributed by atoms with Crippen LogP contribution in [0.5, 0.6) is 0 Å². The molecule has 0 amide bonds. The zero-order chi connectivity index (χ0) is 17.8. The number of rotatable bonds is 2. The molecule has 0 spiro atoms. The van der Waals surface area contributed by atoms with E-state index < -0.39 is 0 Å². The van der Waals surface area contributed by atoms with Gasteiger partial charge in [0.25, 0.3) is 5.82 Å². The molecule has 0 saturated carbocycles. The van der Waals surface area contributed by atoms with E-state index in [1.54, 1.807) is 0 Å². The van der Waals surface area contributed by atoms with Crippen LogP contribution in [0.1, 0.15) is 6.92 Å². The molecule has 0 unspecified atom stereocenters. The van der Waals surface area contributed by atoms with E-state index in [1.807, 2.05) is 12.4 Å². The number of benzene rings is 1. The largest absolute Gasteiger partial charge is 0.299 e. The van der Waals surface area contributed by atoms with Crippen molar-refractivity contribution in [2.45, 2.75) is 13.1 Å².